The van der Waals surface area contributed by atoms with Crippen LogP contribution in [-0.4, -0.2) is 16.2 Å². The summed E-state index contributed by atoms with van der Waals surface area (Å²) in [7, 11) is 0. The quantitative estimate of drug-likeness (QED) is 0.471. The van der Waals surface area contributed by atoms with Crippen LogP contribution in [0.15, 0.2) is 54.6 Å². The van der Waals surface area contributed by atoms with E-state index in [1.807, 2.05) is 32.0 Å². The molecule has 0 atom stereocenters. The molecule has 0 saturated heterocycles. The maximum absolute atomic E-state index is 12.4. The predicted octanol–water partition coefficient (Wildman–Crippen LogP) is 4.25. The first-order valence-electron chi connectivity index (χ1n) is 7.52. The van der Waals surface area contributed by atoms with Gasteiger partial charge < -0.3 is 0 Å². The lowest BCUT2D eigenvalue weighted by atomic mass is 9.70. The average molecular weight is 311 g/mol. The van der Waals surface area contributed by atoms with Crippen LogP contribution in [0.5, 0.6) is 0 Å². The van der Waals surface area contributed by atoms with Gasteiger partial charge in [-0.2, -0.15) is 0 Å². The van der Waals surface area contributed by atoms with Crippen molar-refractivity contribution < 1.29 is 9.72 Å². The van der Waals surface area contributed by atoms with Crippen LogP contribution in [0.2, 0.25) is 0 Å². The van der Waals surface area contributed by atoms with Crippen LogP contribution >= 0.6 is 0 Å². The highest BCUT2D eigenvalue weighted by molar-refractivity contribution is 6.08. The topological polar surface area (TPSA) is 60.2 Å². The molecule has 0 amide bonds. The third-order valence-corrected chi connectivity index (χ3v) is 4.89. The van der Waals surface area contributed by atoms with E-state index in [1.165, 1.54) is 0 Å². The van der Waals surface area contributed by atoms with Crippen LogP contribution < -0.4 is 0 Å². The number of benzene rings is 2. The first-order valence-corrected chi connectivity index (χ1v) is 7.52. The average Bonchev–Trinajstić information content (AvgIpc) is 2.54. The van der Waals surface area contributed by atoms with Crippen molar-refractivity contribution in [3.05, 3.63) is 81.4 Å². The van der Waals surface area contributed by atoms with Gasteiger partial charge in [-0.15, -0.1) is 0 Å². The van der Waals surface area contributed by atoms with E-state index >= 15 is 0 Å². The number of carbonyl (C=O) groups is 1. The summed E-state index contributed by atoms with van der Waals surface area (Å²) in [6.45, 7) is 6.94. The number of nitro groups is 1. The second-order valence-electron chi connectivity index (χ2n) is 6.71. The molecule has 0 spiro atoms. The highest BCUT2D eigenvalue weighted by Crippen LogP contribution is 2.36. The molecule has 2 rings (SSSR count). The minimum absolute atomic E-state index is 0.0523. The smallest absolute Gasteiger partial charge is 0.225 e. The molecule has 0 unspecified atom stereocenters. The van der Waals surface area contributed by atoms with Gasteiger partial charge in [0, 0.05) is 29.9 Å². The van der Waals surface area contributed by atoms with Gasteiger partial charge in [-0.05, 0) is 19.4 Å². The van der Waals surface area contributed by atoms with E-state index in [1.54, 1.807) is 50.2 Å². The Bertz CT molecular complexity index is 716. The molecule has 0 saturated carbocycles. The molecule has 0 aliphatic heterocycles. The van der Waals surface area contributed by atoms with E-state index in [4.69, 9.17) is 0 Å². The zero-order valence-electron chi connectivity index (χ0n) is 13.9. The highest BCUT2D eigenvalue weighted by Gasteiger charge is 2.48. The van der Waals surface area contributed by atoms with E-state index in [0.717, 1.165) is 5.56 Å². The van der Waals surface area contributed by atoms with Crippen LogP contribution in [0.25, 0.3) is 0 Å². The number of carbonyl (C=O) groups excluding carboxylic acids is 1. The zero-order chi connectivity index (χ0) is 17.3. The Morgan fingerprint density at radius 2 is 1.35 bits per heavy atom. The fourth-order valence-corrected chi connectivity index (χ4v) is 2.38. The van der Waals surface area contributed by atoms with Crippen LogP contribution in [0.1, 0.15) is 49.2 Å². The molecule has 0 radical (unpaired) electrons. The number of hydrogen-bond donors (Lipinski definition) is 0. The van der Waals surface area contributed by atoms with Crippen molar-refractivity contribution in [2.24, 2.45) is 0 Å². The van der Waals surface area contributed by atoms with Crippen LogP contribution in [0.3, 0.4) is 0 Å². The first-order chi connectivity index (χ1) is 10.7. The molecule has 4 nitrogen and oxygen atoms in total. The largest absolute Gasteiger partial charge is 0.289 e. The molecule has 0 fully saturated rings. The molecule has 120 valence electrons. The Hall–Kier alpha value is -2.49. The van der Waals surface area contributed by atoms with E-state index in [9.17, 15) is 14.9 Å². The van der Waals surface area contributed by atoms with Gasteiger partial charge >= 0.3 is 0 Å². The Balaban J connectivity index is 2.33. The molecule has 23 heavy (non-hydrogen) atoms. The SMILES string of the molecule is CC(C)(c1ccc(C(=O)c2ccccc2)cc1)C(C)(C)[N+](=O)[O-]. The van der Waals surface area contributed by atoms with Crippen molar-refractivity contribution in [2.45, 2.75) is 38.6 Å². The molecular formula is C19H21NO3. The number of hydrogen-bond acceptors (Lipinski definition) is 3. The monoisotopic (exact) mass is 311 g/mol. The van der Waals surface area contributed by atoms with Gasteiger partial charge in [0.05, 0.1) is 5.41 Å². The lowest BCUT2D eigenvalue weighted by molar-refractivity contribution is -0.573. The zero-order valence-corrected chi connectivity index (χ0v) is 13.9. The molecule has 0 aliphatic carbocycles. The molecule has 0 aliphatic rings. The van der Waals surface area contributed by atoms with E-state index in [2.05, 4.69) is 0 Å². The summed E-state index contributed by atoms with van der Waals surface area (Å²) in [5, 5.41) is 11.4. The van der Waals surface area contributed by atoms with Crippen molar-refractivity contribution in [3.63, 3.8) is 0 Å². The number of nitrogens with zero attached hydrogens (tertiary/aromatic N) is 1. The van der Waals surface area contributed by atoms with Gasteiger partial charge in [0.25, 0.3) is 0 Å². The normalized spacial score (nSPS) is 12.0. The highest BCUT2D eigenvalue weighted by atomic mass is 16.6. The standard InChI is InChI=1S/C19H21NO3/c1-18(2,19(3,4)20(22)23)16-12-10-15(11-13-16)17(21)14-8-6-5-7-9-14/h5-13H,1-4H3. The van der Waals surface area contributed by atoms with Gasteiger partial charge in [-0.3, -0.25) is 14.9 Å². The van der Waals surface area contributed by atoms with Crippen molar-refractivity contribution >= 4 is 5.78 Å². The summed E-state index contributed by atoms with van der Waals surface area (Å²) >= 11 is 0. The number of ketones is 1. The summed E-state index contributed by atoms with van der Waals surface area (Å²) in [6, 6.07) is 16.1. The summed E-state index contributed by atoms with van der Waals surface area (Å²) < 4.78 is 0. The maximum Gasteiger partial charge on any atom is 0.225 e. The second kappa shape index (κ2) is 5.95. The minimum Gasteiger partial charge on any atom is -0.289 e. The summed E-state index contributed by atoms with van der Waals surface area (Å²) in [4.78, 5) is 23.5. The molecule has 0 heterocycles. The van der Waals surface area contributed by atoms with E-state index < -0.39 is 11.0 Å². The van der Waals surface area contributed by atoms with Gasteiger partial charge in [0.1, 0.15) is 0 Å². The fraction of sp³-hybridized carbons (Fsp3) is 0.316. The fourth-order valence-electron chi connectivity index (χ4n) is 2.38. The molecule has 0 bridgehead atoms. The summed E-state index contributed by atoms with van der Waals surface area (Å²) in [5.74, 6) is -0.0523. The van der Waals surface area contributed by atoms with Crippen LogP contribution in [0, 0.1) is 10.1 Å². The van der Waals surface area contributed by atoms with E-state index in [-0.39, 0.29) is 10.7 Å². The Kier molecular flexibility index (Phi) is 4.37. The van der Waals surface area contributed by atoms with Crippen LogP contribution in [-0.2, 0) is 5.41 Å². The molecule has 4 heteroatoms. The predicted molar refractivity (Wildman–Crippen MR) is 90.4 cm³/mol. The minimum atomic E-state index is -1.11. The van der Waals surface area contributed by atoms with Gasteiger partial charge in [-0.1, -0.05) is 54.6 Å². The lowest BCUT2D eigenvalue weighted by Crippen LogP contribution is -2.49. The van der Waals surface area contributed by atoms with Gasteiger partial charge in [0.2, 0.25) is 5.54 Å². The van der Waals surface area contributed by atoms with Gasteiger partial charge in [-0.25, -0.2) is 0 Å². The van der Waals surface area contributed by atoms with Crippen LogP contribution in [0.4, 0.5) is 0 Å². The van der Waals surface area contributed by atoms with Crippen molar-refractivity contribution in [1.82, 2.24) is 0 Å². The summed E-state index contributed by atoms with van der Waals surface area (Å²) in [6.07, 6.45) is 0. The van der Waals surface area contributed by atoms with Gasteiger partial charge in [0.15, 0.2) is 5.78 Å². The molecular weight excluding hydrogens is 290 g/mol. The second-order valence-corrected chi connectivity index (χ2v) is 6.71. The maximum atomic E-state index is 12.4. The third kappa shape index (κ3) is 3.02. The van der Waals surface area contributed by atoms with Crippen molar-refractivity contribution in [2.75, 3.05) is 0 Å². The first kappa shape index (κ1) is 16.9. The molecule has 0 aromatic heterocycles. The molecule has 0 N–H and O–H groups in total. The Morgan fingerprint density at radius 3 is 1.83 bits per heavy atom. The Morgan fingerprint density at radius 1 is 0.870 bits per heavy atom. The van der Waals surface area contributed by atoms with Crippen molar-refractivity contribution in [3.8, 4) is 0 Å². The number of rotatable bonds is 5. The third-order valence-electron chi connectivity index (χ3n) is 4.89. The summed E-state index contributed by atoms with van der Waals surface area (Å²) in [5.41, 5.74) is 0.270. The molecule has 2 aromatic rings. The van der Waals surface area contributed by atoms with E-state index in [0.29, 0.717) is 11.1 Å². The lowest BCUT2D eigenvalue weighted by Gasteiger charge is -2.34. The molecule has 2 aromatic carbocycles. The van der Waals surface area contributed by atoms with Crippen molar-refractivity contribution in [1.29, 1.82) is 0 Å². The Labute approximate surface area is 136 Å².